The first-order valence-electron chi connectivity index (χ1n) is 9.49. The minimum Gasteiger partial charge on any atom is -0.476 e. The molecule has 0 fully saturated rings. The van der Waals surface area contributed by atoms with Gasteiger partial charge in [0.15, 0.2) is 6.10 Å². The molecule has 29 heavy (non-hydrogen) atoms. The molecule has 1 N–H and O–H groups in total. The van der Waals surface area contributed by atoms with Crippen LogP contribution in [0, 0.1) is 0 Å². The van der Waals surface area contributed by atoms with Crippen LogP contribution in [0.1, 0.15) is 12.5 Å². The van der Waals surface area contributed by atoms with Gasteiger partial charge in [-0.3, -0.25) is 9.10 Å². The third-order valence-corrected chi connectivity index (χ3v) is 6.76. The molecule has 0 saturated heterocycles. The first kappa shape index (κ1) is 19.3. The van der Waals surface area contributed by atoms with E-state index in [9.17, 15) is 13.2 Å². The average molecular weight is 410 g/mol. The van der Waals surface area contributed by atoms with Gasteiger partial charge in [-0.2, -0.15) is 0 Å². The van der Waals surface area contributed by atoms with Crippen LogP contribution < -0.4 is 14.4 Å². The topological polar surface area (TPSA) is 75.7 Å². The fourth-order valence-electron chi connectivity index (χ4n) is 3.41. The number of para-hydroxylation sites is 2. The van der Waals surface area contributed by atoms with Crippen LogP contribution in [0.15, 0.2) is 66.7 Å². The van der Waals surface area contributed by atoms with Crippen molar-refractivity contribution in [2.75, 3.05) is 16.6 Å². The van der Waals surface area contributed by atoms with Crippen LogP contribution in [-0.4, -0.2) is 32.7 Å². The van der Waals surface area contributed by atoms with Crippen LogP contribution in [0.5, 0.6) is 5.75 Å². The van der Waals surface area contributed by atoms with Crippen molar-refractivity contribution < 1.29 is 17.9 Å². The van der Waals surface area contributed by atoms with Crippen molar-refractivity contribution in [1.82, 2.24) is 5.32 Å². The number of sulfonamides is 1. The van der Waals surface area contributed by atoms with Gasteiger partial charge in [-0.05, 0) is 41.5 Å². The number of fused-ring (bicyclic) bond motifs is 2. The van der Waals surface area contributed by atoms with Crippen molar-refractivity contribution in [3.63, 3.8) is 0 Å². The van der Waals surface area contributed by atoms with Crippen LogP contribution in [0.3, 0.4) is 0 Å². The van der Waals surface area contributed by atoms with Crippen molar-refractivity contribution in [2.45, 2.75) is 19.6 Å². The van der Waals surface area contributed by atoms with E-state index in [1.54, 1.807) is 31.2 Å². The Bertz CT molecular complexity index is 1160. The maximum Gasteiger partial charge on any atom is 0.263 e. The van der Waals surface area contributed by atoms with Crippen LogP contribution in [0.2, 0.25) is 0 Å². The predicted octanol–water partition coefficient (Wildman–Crippen LogP) is 3.07. The summed E-state index contributed by atoms with van der Waals surface area (Å²) in [5.74, 6) is -0.00200. The lowest BCUT2D eigenvalue weighted by Gasteiger charge is -2.34. The normalized spacial score (nSPS) is 16.2. The Labute approximate surface area is 170 Å². The molecule has 3 aromatic rings. The molecule has 0 aliphatic carbocycles. The third kappa shape index (κ3) is 3.91. The smallest absolute Gasteiger partial charge is 0.263 e. The quantitative estimate of drug-likeness (QED) is 0.701. The second kappa shape index (κ2) is 7.75. The van der Waals surface area contributed by atoms with Crippen LogP contribution in [-0.2, 0) is 21.4 Å². The first-order chi connectivity index (χ1) is 14.0. The van der Waals surface area contributed by atoms with Crippen LogP contribution >= 0.6 is 0 Å². The average Bonchev–Trinajstić information content (AvgIpc) is 2.76. The highest BCUT2D eigenvalue weighted by molar-refractivity contribution is 7.92. The molecule has 0 unspecified atom stereocenters. The minimum absolute atomic E-state index is 0.0449. The summed E-state index contributed by atoms with van der Waals surface area (Å²) in [4.78, 5) is 12.7. The molecule has 1 heterocycles. The molecule has 4 rings (SSSR count). The van der Waals surface area contributed by atoms with E-state index in [0.717, 1.165) is 16.3 Å². The van der Waals surface area contributed by atoms with E-state index < -0.39 is 16.1 Å². The maximum absolute atomic E-state index is 12.7. The van der Waals surface area contributed by atoms with Crippen molar-refractivity contribution in [1.29, 1.82) is 0 Å². The number of ether oxygens (including phenoxy) is 1. The number of anilines is 1. The fraction of sp³-hybridized carbons (Fsp3) is 0.227. The van der Waals surface area contributed by atoms with Gasteiger partial charge < -0.3 is 10.1 Å². The van der Waals surface area contributed by atoms with Gasteiger partial charge in [-0.15, -0.1) is 0 Å². The summed E-state index contributed by atoms with van der Waals surface area (Å²) in [6.07, 6.45) is -0.910. The Balaban J connectivity index is 1.51. The Morgan fingerprint density at radius 2 is 1.79 bits per heavy atom. The second-order valence-electron chi connectivity index (χ2n) is 6.91. The number of nitrogens with zero attached hydrogens (tertiary/aromatic N) is 1. The highest BCUT2D eigenvalue weighted by Crippen LogP contribution is 2.35. The molecule has 0 spiro atoms. The van der Waals surface area contributed by atoms with E-state index in [0.29, 0.717) is 18.0 Å². The third-order valence-electron chi connectivity index (χ3n) is 5.01. The number of carbonyl (C=O) groups is 1. The number of carbonyl (C=O) groups excluding carboxylic acids is 1. The first-order valence-corrected chi connectivity index (χ1v) is 11.1. The van der Waals surface area contributed by atoms with Gasteiger partial charge in [0.2, 0.25) is 10.0 Å². The van der Waals surface area contributed by atoms with E-state index in [1.807, 2.05) is 42.5 Å². The monoisotopic (exact) mass is 410 g/mol. The highest BCUT2D eigenvalue weighted by atomic mass is 32.2. The number of hydrogen-bond acceptors (Lipinski definition) is 4. The molecule has 1 aliphatic rings. The number of benzene rings is 3. The molecule has 1 atom stereocenters. The summed E-state index contributed by atoms with van der Waals surface area (Å²) in [6.45, 7) is 1.88. The molecule has 0 saturated carbocycles. The van der Waals surface area contributed by atoms with E-state index in [2.05, 4.69) is 5.32 Å². The molecule has 0 bridgehead atoms. The summed E-state index contributed by atoms with van der Waals surface area (Å²) >= 11 is 0. The van der Waals surface area contributed by atoms with Gasteiger partial charge >= 0.3 is 0 Å². The number of hydrogen-bond donors (Lipinski definition) is 1. The highest BCUT2D eigenvalue weighted by Gasteiger charge is 2.35. The molecule has 1 amide bonds. The molecule has 7 heteroatoms. The maximum atomic E-state index is 12.7. The van der Waals surface area contributed by atoms with Gasteiger partial charge in [0.05, 0.1) is 18.0 Å². The molecular weight excluding hydrogens is 388 g/mol. The van der Waals surface area contributed by atoms with Crippen molar-refractivity contribution in [2.24, 2.45) is 0 Å². The molecule has 1 aliphatic heterocycles. The summed E-state index contributed by atoms with van der Waals surface area (Å²) < 4.78 is 32.1. The van der Waals surface area contributed by atoms with Crippen molar-refractivity contribution in [3.05, 3.63) is 72.3 Å². The number of amides is 1. The summed E-state index contributed by atoms with van der Waals surface area (Å²) in [5, 5.41) is 5.10. The summed E-state index contributed by atoms with van der Waals surface area (Å²) in [7, 11) is -3.52. The summed E-state index contributed by atoms with van der Waals surface area (Å²) in [5.41, 5.74) is 1.43. The molecule has 150 valence electrons. The lowest BCUT2D eigenvalue weighted by Crippen LogP contribution is -2.50. The van der Waals surface area contributed by atoms with E-state index >= 15 is 0 Å². The van der Waals surface area contributed by atoms with E-state index in [1.165, 1.54) is 4.31 Å². The largest absolute Gasteiger partial charge is 0.476 e. The fourth-order valence-corrected chi connectivity index (χ4v) is 4.53. The van der Waals surface area contributed by atoms with E-state index in [-0.39, 0.29) is 18.2 Å². The second-order valence-corrected chi connectivity index (χ2v) is 9.09. The van der Waals surface area contributed by atoms with Crippen molar-refractivity contribution in [3.8, 4) is 5.75 Å². The Morgan fingerprint density at radius 1 is 1.07 bits per heavy atom. The Morgan fingerprint density at radius 3 is 2.59 bits per heavy atom. The van der Waals surface area contributed by atoms with Gasteiger partial charge in [0, 0.05) is 6.54 Å². The summed E-state index contributed by atoms with van der Waals surface area (Å²) in [6, 6.07) is 20.9. The van der Waals surface area contributed by atoms with E-state index in [4.69, 9.17) is 4.74 Å². The molecule has 0 radical (unpaired) electrons. The standard InChI is InChI=1S/C22H22N2O4S/c1-2-29(26,27)24-15-21(28-20-10-6-5-9-19(20)24)22(25)23-14-16-11-12-17-7-3-4-8-18(17)13-16/h3-13,21H,2,14-15H2,1H3,(H,23,25)/t21-/m1/s1. The van der Waals surface area contributed by atoms with Crippen LogP contribution in [0.4, 0.5) is 5.69 Å². The van der Waals surface area contributed by atoms with Gasteiger partial charge in [0.25, 0.3) is 5.91 Å². The SMILES string of the molecule is CCS(=O)(=O)N1C[C@H](C(=O)NCc2ccc3ccccc3c2)Oc2ccccc21. The molecule has 0 aromatic heterocycles. The molecule has 6 nitrogen and oxygen atoms in total. The zero-order valence-electron chi connectivity index (χ0n) is 16.0. The predicted molar refractivity (Wildman–Crippen MR) is 113 cm³/mol. The number of rotatable bonds is 5. The lowest BCUT2D eigenvalue weighted by molar-refractivity contribution is -0.127. The zero-order chi connectivity index (χ0) is 20.4. The van der Waals surface area contributed by atoms with Gasteiger partial charge in [-0.25, -0.2) is 8.42 Å². The molecular formula is C22H22N2O4S. The van der Waals surface area contributed by atoms with Crippen LogP contribution in [0.25, 0.3) is 10.8 Å². The Hall–Kier alpha value is -3.06. The molecule has 3 aromatic carbocycles. The number of nitrogens with one attached hydrogen (secondary N) is 1. The zero-order valence-corrected chi connectivity index (χ0v) is 16.9. The van der Waals surface area contributed by atoms with Crippen molar-refractivity contribution >= 4 is 32.4 Å². The van der Waals surface area contributed by atoms with Gasteiger partial charge in [0.1, 0.15) is 5.75 Å². The minimum atomic E-state index is -3.52. The lowest BCUT2D eigenvalue weighted by atomic mass is 10.1. The van der Waals surface area contributed by atoms with Gasteiger partial charge in [-0.1, -0.05) is 48.5 Å². The Kier molecular flexibility index (Phi) is 5.15.